The zero-order valence-electron chi connectivity index (χ0n) is 7.81. The molecule has 0 bridgehead atoms. The first kappa shape index (κ1) is 13.2. The van der Waals surface area contributed by atoms with Crippen LogP contribution in [0.5, 0.6) is 0 Å². The molecule has 0 saturated carbocycles. The Bertz CT molecular complexity index is 479. The first-order valence-electron chi connectivity index (χ1n) is 3.85. The summed E-state index contributed by atoms with van der Waals surface area (Å²) in [6.07, 6.45) is 1.11. The number of hydrogen-bond acceptors (Lipinski definition) is 1. The minimum atomic E-state index is -5.24. The predicted molar refractivity (Wildman–Crippen MR) is 44.9 cm³/mol. The molecule has 0 saturated heterocycles. The molecule has 0 aliphatic heterocycles. The Balaban J connectivity index is 0.00000112. The molecule has 0 unspecified atom stereocenters. The van der Waals surface area contributed by atoms with E-state index < -0.39 is 18.3 Å². The van der Waals surface area contributed by atoms with Crippen LogP contribution in [0.1, 0.15) is 0 Å². The Morgan fingerprint density at radius 1 is 1.13 bits per heavy atom. The maximum atomic E-state index is 12.8. The Morgan fingerprint density at radius 3 is 2.40 bits per heavy atom. The van der Waals surface area contributed by atoms with E-state index in [9.17, 15) is 17.3 Å². The van der Waals surface area contributed by atoms with Gasteiger partial charge in [-0.1, -0.05) is 5.46 Å². The van der Waals surface area contributed by atoms with Crippen molar-refractivity contribution in [1.29, 1.82) is 0 Å². The van der Waals surface area contributed by atoms with E-state index in [1.807, 2.05) is 0 Å². The van der Waals surface area contributed by atoms with Crippen LogP contribution < -0.4 is 56.8 Å². The van der Waals surface area contributed by atoms with Crippen molar-refractivity contribution in [3.05, 3.63) is 30.3 Å². The van der Waals surface area contributed by atoms with Gasteiger partial charge in [-0.25, -0.2) is 4.39 Å². The van der Waals surface area contributed by atoms with E-state index in [0.29, 0.717) is 6.07 Å². The summed E-state index contributed by atoms with van der Waals surface area (Å²) in [6.45, 7) is -5.24. The van der Waals surface area contributed by atoms with Crippen molar-refractivity contribution in [3.63, 3.8) is 0 Å². The molecule has 15 heavy (non-hydrogen) atoms. The molecule has 1 aromatic heterocycles. The average Bonchev–Trinajstić information content (AvgIpc) is 2.47. The van der Waals surface area contributed by atoms with Crippen LogP contribution in [0.4, 0.5) is 17.3 Å². The number of benzene rings is 1. The topological polar surface area (TPSA) is 13.1 Å². The monoisotopic (exact) mass is 242 g/mol. The SMILES string of the molecule is Fc1cc([B-](F)(F)F)c2occc2c1.[K+]. The fourth-order valence-corrected chi connectivity index (χ4v) is 1.31. The van der Waals surface area contributed by atoms with Gasteiger partial charge >= 0.3 is 58.4 Å². The van der Waals surface area contributed by atoms with Gasteiger partial charge in [0, 0.05) is 5.39 Å². The van der Waals surface area contributed by atoms with E-state index in [4.69, 9.17) is 0 Å². The first-order chi connectivity index (χ1) is 6.48. The third-order valence-corrected chi connectivity index (χ3v) is 1.90. The normalized spacial score (nSPS) is 11.5. The van der Waals surface area contributed by atoms with Crippen molar-refractivity contribution in [3.8, 4) is 0 Å². The molecule has 0 N–H and O–H groups in total. The molecule has 0 spiro atoms. The fourth-order valence-electron chi connectivity index (χ4n) is 1.31. The van der Waals surface area contributed by atoms with Crippen LogP contribution in [-0.4, -0.2) is 6.98 Å². The Labute approximate surface area is 125 Å². The first-order valence-corrected chi connectivity index (χ1v) is 3.85. The molecule has 2 rings (SSSR count). The summed E-state index contributed by atoms with van der Waals surface area (Å²) in [5, 5.41) is 0.124. The third-order valence-electron chi connectivity index (χ3n) is 1.90. The van der Waals surface area contributed by atoms with Crippen LogP contribution in [0.3, 0.4) is 0 Å². The number of hydrogen-bond donors (Lipinski definition) is 0. The number of furan rings is 1. The molecule has 0 aliphatic rings. The van der Waals surface area contributed by atoms with Crippen LogP contribution in [0, 0.1) is 5.82 Å². The molecule has 1 nitrogen and oxygen atoms in total. The van der Waals surface area contributed by atoms with Gasteiger partial charge in [-0.3, -0.25) is 0 Å². The van der Waals surface area contributed by atoms with Crippen LogP contribution >= 0.6 is 0 Å². The van der Waals surface area contributed by atoms with Crippen LogP contribution in [0.2, 0.25) is 0 Å². The van der Waals surface area contributed by atoms with Gasteiger partial charge in [0.2, 0.25) is 0 Å². The van der Waals surface area contributed by atoms with E-state index in [0.717, 1.165) is 12.3 Å². The van der Waals surface area contributed by atoms with Crippen molar-refractivity contribution in [2.75, 3.05) is 0 Å². The Hall–Kier alpha value is 0.181. The second kappa shape index (κ2) is 4.59. The number of fused-ring (bicyclic) bond motifs is 1. The smallest absolute Gasteiger partial charge is 0.467 e. The van der Waals surface area contributed by atoms with Gasteiger partial charge < -0.3 is 17.4 Å². The predicted octanol–water partition coefficient (Wildman–Crippen LogP) is -0.370. The Morgan fingerprint density at radius 2 is 1.80 bits per heavy atom. The average molecular weight is 242 g/mol. The summed E-state index contributed by atoms with van der Waals surface area (Å²) < 4.78 is 54.7. The van der Waals surface area contributed by atoms with Gasteiger partial charge in [-0.05, 0) is 18.2 Å². The molecule has 0 fully saturated rings. The van der Waals surface area contributed by atoms with Crippen molar-refractivity contribution in [1.82, 2.24) is 0 Å². The second-order valence-corrected chi connectivity index (χ2v) is 2.91. The molecule has 1 aromatic carbocycles. The van der Waals surface area contributed by atoms with E-state index in [1.165, 1.54) is 6.07 Å². The van der Waals surface area contributed by atoms with E-state index in [-0.39, 0.29) is 62.4 Å². The van der Waals surface area contributed by atoms with E-state index in [1.54, 1.807) is 0 Å². The molecule has 0 amide bonds. The maximum absolute atomic E-state index is 12.8. The standard InChI is InChI=1S/C8H4BF4O.K/c10-6-3-5-1-2-14-8(5)7(4-6)9(11,12)13;/h1-4H;/q-1;+1. The molecular weight excluding hydrogens is 238 g/mol. The maximum Gasteiger partial charge on any atom is 1.00 e. The number of rotatable bonds is 1. The molecule has 2 aromatic rings. The van der Waals surface area contributed by atoms with Gasteiger partial charge in [-0.2, -0.15) is 0 Å². The second-order valence-electron chi connectivity index (χ2n) is 2.91. The van der Waals surface area contributed by atoms with Gasteiger partial charge in [0.05, 0.1) is 6.26 Å². The molecular formula is C8H4BF4KO. The van der Waals surface area contributed by atoms with Gasteiger partial charge in [0.25, 0.3) is 0 Å². The van der Waals surface area contributed by atoms with Crippen molar-refractivity contribution in [2.24, 2.45) is 0 Å². The van der Waals surface area contributed by atoms with E-state index in [2.05, 4.69) is 4.42 Å². The molecule has 0 aliphatic carbocycles. The molecule has 74 valence electrons. The summed E-state index contributed by atoms with van der Waals surface area (Å²) in [6, 6.07) is 2.75. The number of halogens is 4. The zero-order valence-corrected chi connectivity index (χ0v) is 10.9. The van der Waals surface area contributed by atoms with Crippen molar-refractivity contribution >= 4 is 23.4 Å². The van der Waals surface area contributed by atoms with Crippen molar-refractivity contribution < 1.29 is 73.1 Å². The van der Waals surface area contributed by atoms with Gasteiger partial charge in [0.1, 0.15) is 11.4 Å². The van der Waals surface area contributed by atoms with Gasteiger partial charge in [0.15, 0.2) is 0 Å². The molecule has 0 atom stereocenters. The van der Waals surface area contributed by atoms with Crippen LogP contribution in [-0.2, 0) is 0 Å². The minimum absolute atomic E-state index is 0. The quantitative estimate of drug-likeness (QED) is 0.491. The molecule has 1 heterocycles. The summed E-state index contributed by atoms with van der Waals surface area (Å²) >= 11 is 0. The molecule has 7 heteroatoms. The van der Waals surface area contributed by atoms with Crippen LogP contribution in [0.25, 0.3) is 11.0 Å². The Kier molecular flexibility index (Phi) is 4.05. The molecule has 0 radical (unpaired) electrons. The minimum Gasteiger partial charge on any atom is -0.467 e. The fraction of sp³-hybridized carbons (Fsp3) is 0. The summed E-state index contributed by atoms with van der Waals surface area (Å²) in [4.78, 5) is 0. The van der Waals surface area contributed by atoms with Crippen LogP contribution in [0.15, 0.2) is 28.9 Å². The summed E-state index contributed by atoms with van der Waals surface area (Å²) in [5.74, 6) is -0.909. The largest absolute Gasteiger partial charge is 1.00 e. The summed E-state index contributed by atoms with van der Waals surface area (Å²) in [5.41, 5.74) is -1.33. The summed E-state index contributed by atoms with van der Waals surface area (Å²) in [7, 11) is 0. The third kappa shape index (κ3) is 2.65. The van der Waals surface area contributed by atoms with E-state index >= 15 is 0 Å². The van der Waals surface area contributed by atoms with Gasteiger partial charge in [-0.15, -0.1) is 0 Å². The zero-order chi connectivity index (χ0) is 10.3. The van der Waals surface area contributed by atoms with Crippen molar-refractivity contribution in [2.45, 2.75) is 0 Å².